The van der Waals surface area contributed by atoms with Crippen LogP contribution in [0.4, 0.5) is 5.82 Å². The van der Waals surface area contributed by atoms with E-state index in [0.717, 1.165) is 43.7 Å². The molecule has 0 aliphatic carbocycles. The Morgan fingerprint density at radius 1 is 1.24 bits per heavy atom. The molecule has 1 aliphatic rings. The van der Waals surface area contributed by atoms with Crippen LogP contribution in [0.1, 0.15) is 30.5 Å². The molecule has 29 heavy (non-hydrogen) atoms. The Balaban J connectivity index is 1.39. The quantitative estimate of drug-likeness (QED) is 0.628. The summed E-state index contributed by atoms with van der Waals surface area (Å²) in [7, 11) is 0. The van der Waals surface area contributed by atoms with Gasteiger partial charge in [-0.2, -0.15) is 4.98 Å². The first-order chi connectivity index (χ1) is 14.2. The number of rotatable bonds is 7. The third-order valence-electron chi connectivity index (χ3n) is 5.20. The van der Waals surface area contributed by atoms with Crippen LogP contribution in [0.3, 0.4) is 0 Å². The monoisotopic (exact) mass is 390 g/mol. The first-order valence-corrected chi connectivity index (χ1v) is 10.1. The van der Waals surface area contributed by atoms with Crippen molar-refractivity contribution in [2.24, 2.45) is 0 Å². The highest BCUT2D eigenvalue weighted by atomic mass is 16.2. The molecule has 1 amide bonds. The van der Waals surface area contributed by atoms with Crippen LogP contribution in [0.2, 0.25) is 0 Å². The van der Waals surface area contributed by atoms with Gasteiger partial charge >= 0.3 is 0 Å². The van der Waals surface area contributed by atoms with Crippen molar-refractivity contribution in [3.05, 3.63) is 66.4 Å². The molecule has 0 bridgehead atoms. The van der Waals surface area contributed by atoms with Gasteiger partial charge in [0.25, 0.3) is 0 Å². The Labute approximate surface area is 170 Å². The van der Waals surface area contributed by atoms with Gasteiger partial charge in [0, 0.05) is 37.2 Å². The number of aryl methyl sites for hydroxylation is 2. The SMILES string of the molecule is Cc1cc(N2CCCC2C(=O)NCCCc2ccccc2)nc(-n2ccnc2)n1. The number of amides is 1. The minimum atomic E-state index is -0.184. The van der Waals surface area contributed by atoms with Gasteiger partial charge in [0.1, 0.15) is 18.2 Å². The lowest BCUT2D eigenvalue weighted by Crippen LogP contribution is -2.44. The van der Waals surface area contributed by atoms with E-state index >= 15 is 0 Å². The highest BCUT2D eigenvalue weighted by Gasteiger charge is 2.31. The van der Waals surface area contributed by atoms with Crippen molar-refractivity contribution in [1.29, 1.82) is 0 Å². The Kier molecular flexibility index (Phi) is 5.84. The fourth-order valence-electron chi connectivity index (χ4n) is 3.76. The summed E-state index contributed by atoms with van der Waals surface area (Å²) < 4.78 is 1.78. The molecule has 3 aromatic rings. The number of nitrogens with zero attached hydrogens (tertiary/aromatic N) is 5. The summed E-state index contributed by atoms with van der Waals surface area (Å²) in [5.74, 6) is 1.45. The maximum absolute atomic E-state index is 12.8. The standard InChI is InChI=1S/C22H26N6O/c1-17-15-20(26-22(25-17)27-14-12-23-16-27)28-13-6-10-19(28)21(29)24-11-5-9-18-7-3-2-4-8-18/h2-4,7-8,12,14-16,19H,5-6,9-11,13H2,1H3,(H,24,29). The van der Waals surface area contributed by atoms with Crippen LogP contribution in [0.5, 0.6) is 0 Å². The number of anilines is 1. The Bertz CT molecular complexity index is 941. The lowest BCUT2D eigenvalue weighted by molar-refractivity contribution is -0.122. The summed E-state index contributed by atoms with van der Waals surface area (Å²) in [5.41, 5.74) is 2.17. The highest BCUT2D eigenvalue weighted by Crippen LogP contribution is 2.25. The molecular weight excluding hydrogens is 364 g/mol. The summed E-state index contributed by atoms with van der Waals surface area (Å²) in [6.45, 7) is 3.45. The van der Waals surface area contributed by atoms with Crippen molar-refractivity contribution in [2.45, 2.75) is 38.6 Å². The first-order valence-electron chi connectivity index (χ1n) is 10.1. The van der Waals surface area contributed by atoms with Crippen LogP contribution < -0.4 is 10.2 Å². The lowest BCUT2D eigenvalue weighted by Gasteiger charge is -2.25. The predicted molar refractivity (Wildman–Crippen MR) is 112 cm³/mol. The van der Waals surface area contributed by atoms with Crippen molar-refractivity contribution >= 4 is 11.7 Å². The second-order valence-electron chi connectivity index (χ2n) is 7.37. The topological polar surface area (TPSA) is 75.9 Å². The minimum absolute atomic E-state index is 0.0796. The van der Waals surface area contributed by atoms with Crippen LogP contribution in [0.15, 0.2) is 55.1 Å². The van der Waals surface area contributed by atoms with Gasteiger partial charge in [-0.1, -0.05) is 30.3 Å². The van der Waals surface area contributed by atoms with Crippen LogP contribution in [0, 0.1) is 6.92 Å². The van der Waals surface area contributed by atoms with Gasteiger partial charge in [0.15, 0.2) is 0 Å². The van der Waals surface area contributed by atoms with Gasteiger partial charge in [-0.3, -0.25) is 9.36 Å². The maximum atomic E-state index is 12.8. The molecule has 1 aliphatic heterocycles. The second kappa shape index (κ2) is 8.86. The Morgan fingerprint density at radius 3 is 2.90 bits per heavy atom. The van der Waals surface area contributed by atoms with Crippen LogP contribution in [-0.2, 0) is 11.2 Å². The number of hydrogen-bond acceptors (Lipinski definition) is 5. The van der Waals surface area contributed by atoms with E-state index < -0.39 is 0 Å². The van der Waals surface area contributed by atoms with E-state index in [0.29, 0.717) is 12.5 Å². The van der Waals surface area contributed by atoms with E-state index in [1.807, 2.05) is 37.4 Å². The lowest BCUT2D eigenvalue weighted by atomic mass is 10.1. The zero-order valence-corrected chi connectivity index (χ0v) is 16.7. The summed E-state index contributed by atoms with van der Waals surface area (Å²) in [4.78, 5) is 28.2. The van der Waals surface area contributed by atoms with Crippen LogP contribution in [0.25, 0.3) is 5.95 Å². The maximum Gasteiger partial charge on any atom is 0.242 e. The Hall–Kier alpha value is -3.22. The highest BCUT2D eigenvalue weighted by molar-refractivity contribution is 5.85. The molecule has 1 atom stereocenters. The van der Waals surface area contributed by atoms with E-state index in [1.165, 1.54) is 5.56 Å². The number of nitrogens with one attached hydrogen (secondary N) is 1. The van der Waals surface area contributed by atoms with Gasteiger partial charge in [-0.15, -0.1) is 0 Å². The summed E-state index contributed by atoms with van der Waals surface area (Å²) in [5, 5.41) is 3.11. The van der Waals surface area contributed by atoms with E-state index in [9.17, 15) is 4.79 Å². The van der Waals surface area contributed by atoms with E-state index in [-0.39, 0.29) is 11.9 Å². The molecule has 0 spiro atoms. The van der Waals surface area contributed by atoms with E-state index in [2.05, 4.69) is 37.3 Å². The number of carbonyl (C=O) groups excluding carboxylic acids is 1. The molecule has 1 fully saturated rings. The number of carbonyl (C=O) groups is 1. The van der Waals surface area contributed by atoms with Crippen molar-refractivity contribution in [3.8, 4) is 5.95 Å². The number of benzene rings is 1. The average molecular weight is 390 g/mol. The summed E-state index contributed by atoms with van der Waals surface area (Å²) in [6.07, 6.45) is 8.92. The van der Waals surface area contributed by atoms with Crippen LogP contribution in [-0.4, -0.2) is 44.6 Å². The van der Waals surface area contributed by atoms with Gasteiger partial charge in [0.2, 0.25) is 11.9 Å². The van der Waals surface area contributed by atoms with Crippen molar-refractivity contribution in [1.82, 2.24) is 24.8 Å². The van der Waals surface area contributed by atoms with Crippen molar-refractivity contribution in [3.63, 3.8) is 0 Å². The number of imidazole rings is 1. The Morgan fingerprint density at radius 2 is 2.10 bits per heavy atom. The average Bonchev–Trinajstić information content (AvgIpc) is 3.43. The normalized spacial score (nSPS) is 16.2. The van der Waals surface area contributed by atoms with Crippen LogP contribution >= 0.6 is 0 Å². The molecule has 0 radical (unpaired) electrons. The summed E-state index contributed by atoms with van der Waals surface area (Å²) in [6, 6.07) is 12.1. The summed E-state index contributed by atoms with van der Waals surface area (Å²) >= 11 is 0. The molecule has 1 aromatic carbocycles. The van der Waals surface area contributed by atoms with Gasteiger partial charge < -0.3 is 10.2 Å². The third kappa shape index (κ3) is 4.62. The van der Waals surface area contributed by atoms with E-state index in [1.54, 1.807) is 17.1 Å². The fourth-order valence-corrected chi connectivity index (χ4v) is 3.76. The third-order valence-corrected chi connectivity index (χ3v) is 5.20. The number of aromatic nitrogens is 4. The van der Waals surface area contributed by atoms with Crippen molar-refractivity contribution in [2.75, 3.05) is 18.0 Å². The van der Waals surface area contributed by atoms with Gasteiger partial charge in [0.05, 0.1) is 0 Å². The molecule has 4 rings (SSSR count). The van der Waals surface area contributed by atoms with Gasteiger partial charge in [-0.25, -0.2) is 9.97 Å². The first kappa shape index (κ1) is 19.1. The van der Waals surface area contributed by atoms with Gasteiger partial charge in [-0.05, 0) is 38.2 Å². The smallest absolute Gasteiger partial charge is 0.242 e. The van der Waals surface area contributed by atoms with E-state index in [4.69, 9.17) is 0 Å². The molecular formula is C22H26N6O. The molecule has 1 N–H and O–H groups in total. The molecule has 3 heterocycles. The fraction of sp³-hybridized carbons (Fsp3) is 0.364. The minimum Gasteiger partial charge on any atom is -0.354 e. The predicted octanol–water partition coefficient (Wildman–Crippen LogP) is 2.69. The zero-order valence-electron chi connectivity index (χ0n) is 16.7. The zero-order chi connectivity index (χ0) is 20.1. The largest absolute Gasteiger partial charge is 0.354 e. The molecule has 2 aromatic heterocycles. The molecule has 150 valence electrons. The molecule has 7 nitrogen and oxygen atoms in total. The van der Waals surface area contributed by atoms with Crippen molar-refractivity contribution < 1.29 is 4.79 Å². The molecule has 1 saturated heterocycles. The molecule has 0 saturated carbocycles. The molecule has 7 heteroatoms. The number of hydrogen-bond donors (Lipinski definition) is 1. The second-order valence-corrected chi connectivity index (χ2v) is 7.37. The molecule has 1 unspecified atom stereocenters.